The van der Waals surface area contributed by atoms with Crippen molar-refractivity contribution < 1.29 is 14.3 Å². The number of hydrogen-bond donors (Lipinski definition) is 2. The molecule has 0 aliphatic carbocycles. The Morgan fingerprint density at radius 1 is 1.26 bits per heavy atom. The number of carboxylic acids is 1. The fourth-order valence-corrected chi connectivity index (χ4v) is 3.38. The molecule has 0 saturated carbocycles. The molecule has 0 saturated heterocycles. The van der Waals surface area contributed by atoms with Gasteiger partial charge in [0.05, 0.1) is 27.5 Å². The molecule has 0 aliphatic rings. The first-order valence-corrected chi connectivity index (χ1v) is 8.76. The van der Waals surface area contributed by atoms with E-state index in [4.69, 9.17) is 11.6 Å². The van der Waals surface area contributed by atoms with Crippen LogP contribution in [0.1, 0.15) is 19.9 Å². The van der Waals surface area contributed by atoms with Crippen molar-refractivity contribution >= 4 is 39.5 Å². The van der Waals surface area contributed by atoms with Crippen LogP contribution in [0.3, 0.4) is 0 Å². The van der Waals surface area contributed by atoms with Gasteiger partial charge in [0.2, 0.25) is 0 Å². The van der Waals surface area contributed by atoms with Crippen molar-refractivity contribution in [3.8, 4) is 11.3 Å². The van der Waals surface area contributed by atoms with Crippen LogP contribution in [0.4, 0.5) is 4.39 Å². The number of aliphatic carboxylic acids is 1. The quantitative estimate of drug-likeness (QED) is 0.534. The molecule has 6 nitrogen and oxygen atoms in total. The zero-order chi connectivity index (χ0) is 19.3. The molecule has 27 heavy (non-hydrogen) atoms. The van der Waals surface area contributed by atoms with Crippen molar-refractivity contribution in [3.63, 3.8) is 0 Å². The maximum atomic E-state index is 14.4. The third-order valence-electron chi connectivity index (χ3n) is 5.00. The average molecular weight is 387 g/mol. The largest absolute Gasteiger partial charge is 0.481 e. The number of pyridine rings is 2. The van der Waals surface area contributed by atoms with Crippen molar-refractivity contribution in [3.05, 3.63) is 47.8 Å². The minimum atomic E-state index is -0.934. The summed E-state index contributed by atoms with van der Waals surface area (Å²) in [5.74, 6) is -2.04. The number of fused-ring (bicyclic) bond motifs is 2. The molecule has 0 aliphatic heterocycles. The lowest BCUT2D eigenvalue weighted by atomic mass is 10.0. The van der Waals surface area contributed by atoms with Gasteiger partial charge in [-0.1, -0.05) is 11.6 Å². The van der Waals surface area contributed by atoms with E-state index < -0.39 is 23.7 Å². The monoisotopic (exact) mass is 386 g/mol. The van der Waals surface area contributed by atoms with Gasteiger partial charge < -0.3 is 14.7 Å². The minimum absolute atomic E-state index is 0.346. The Bertz CT molecular complexity index is 1180. The van der Waals surface area contributed by atoms with E-state index in [0.29, 0.717) is 27.3 Å². The second-order valence-corrected chi connectivity index (χ2v) is 7.03. The summed E-state index contributed by atoms with van der Waals surface area (Å²) in [7, 11) is 0. The lowest BCUT2D eigenvalue weighted by Gasteiger charge is -2.19. The first-order chi connectivity index (χ1) is 12.9. The molecule has 2 N–H and O–H groups in total. The Balaban J connectivity index is 1.90. The summed E-state index contributed by atoms with van der Waals surface area (Å²) in [5, 5.41) is 11.0. The van der Waals surface area contributed by atoms with Gasteiger partial charge in [-0.15, -0.1) is 0 Å². The van der Waals surface area contributed by atoms with E-state index in [-0.39, 0.29) is 0 Å². The molecule has 4 heterocycles. The van der Waals surface area contributed by atoms with Crippen LogP contribution in [-0.4, -0.2) is 30.6 Å². The number of carboxylic acid groups (broad SMARTS) is 1. The van der Waals surface area contributed by atoms with E-state index in [2.05, 4.69) is 15.0 Å². The van der Waals surface area contributed by atoms with Crippen molar-refractivity contribution in [1.82, 2.24) is 19.5 Å². The van der Waals surface area contributed by atoms with Crippen molar-refractivity contribution in [1.29, 1.82) is 0 Å². The van der Waals surface area contributed by atoms with Crippen LogP contribution in [0.2, 0.25) is 5.02 Å². The number of halogens is 2. The number of H-pyrrole nitrogens is 1. The van der Waals surface area contributed by atoms with Crippen molar-refractivity contribution in [2.45, 2.75) is 19.9 Å². The van der Waals surface area contributed by atoms with Crippen LogP contribution in [0, 0.1) is 11.7 Å². The lowest BCUT2D eigenvalue weighted by molar-refractivity contribution is -0.142. The molecule has 138 valence electrons. The van der Waals surface area contributed by atoms with Crippen LogP contribution in [-0.2, 0) is 4.79 Å². The molecule has 0 radical (unpaired) electrons. The predicted molar refractivity (Wildman–Crippen MR) is 101 cm³/mol. The molecule has 0 spiro atoms. The Kier molecular flexibility index (Phi) is 4.11. The highest BCUT2D eigenvalue weighted by Crippen LogP contribution is 2.33. The first kappa shape index (κ1) is 17.5. The number of nitrogens with zero attached hydrogens (tertiary/aromatic N) is 3. The second-order valence-electron chi connectivity index (χ2n) is 6.59. The van der Waals surface area contributed by atoms with Crippen LogP contribution >= 0.6 is 11.6 Å². The molecule has 4 rings (SSSR count). The Morgan fingerprint density at radius 3 is 2.78 bits per heavy atom. The number of nitrogens with one attached hydrogen (secondary N) is 1. The van der Waals surface area contributed by atoms with Crippen LogP contribution in [0.15, 0.2) is 36.9 Å². The topological polar surface area (TPSA) is 83.8 Å². The second kappa shape index (κ2) is 6.35. The van der Waals surface area contributed by atoms with Gasteiger partial charge in [-0.25, -0.2) is 9.37 Å². The van der Waals surface area contributed by atoms with E-state index in [0.717, 1.165) is 10.9 Å². The van der Waals surface area contributed by atoms with Crippen LogP contribution in [0.25, 0.3) is 33.2 Å². The van der Waals surface area contributed by atoms with E-state index in [1.54, 1.807) is 42.9 Å². The molecule has 4 aromatic rings. The molecule has 2 atom stereocenters. The summed E-state index contributed by atoms with van der Waals surface area (Å²) >= 11 is 6.06. The van der Waals surface area contributed by atoms with Gasteiger partial charge in [0.1, 0.15) is 11.5 Å². The smallest absolute Gasteiger partial charge is 0.308 e. The van der Waals surface area contributed by atoms with E-state index >= 15 is 0 Å². The highest BCUT2D eigenvalue weighted by molar-refractivity contribution is 6.31. The third-order valence-corrected chi connectivity index (χ3v) is 5.20. The normalized spacial score (nSPS) is 13.9. The molecular weight excluding hydrogens is 371 g/mol. The molecule has 4 aromatic heterocycles. The van der Waals surface area contributed by atoms with Gasteiger partial charge in [-0.05, 0) is 26.0 Å². The molecular formula is C19H16ClFN4O2. The maximum Gasteiger partial charge on any atom is 0.308 e. The van der Waals surface area contributed by atoms with Gasteiger partial charge in [-0.2, -0.15) is 0 Å². The Hall–Kier alpha value is -2.93. The number of hydrogen-bond acceptors (Lipinski definition) is 3. The molecule has 0 bridgehead atoms. The molecule has 0 unspecified atom stereocenters. The highest BCUT2D eigenvalue weighted by Gasteiger charge is 2.24. The zero-order valence-electron chi connectivity index (χ0n) is 14.6. The maximum absolute atomic E-state index is 14.4. The van der Waals surface area contributed by atoms with E-state index in [9.17, 15) is 14.3 Å². The zero-order valence-corrected chi connectivity index (χ0v) is 15.3. The molecule has 0 fully saturated rings. The van der Waals surface area contributed by atoms with Gasteiger partial charge in [0.15, 0.2) is 0 Å². The fraction of sp³-hybridized carbons (Fsp3) is 0.211. The molecule has 8 heteroatoms. The van der Waals surface area contributed by atoms with E-state index in [1.807, 2.05) is 0 Å². The standard InChI is InChI=1S/C19H16ClFN4O2/c1-9(19(26)27)10(2)25-8-15(21)14-7-22-16(4-17(14)25)13-6-24-18-12(13)3-11(20)5-23-18/h3-10H,1-2H3,(H,23,24)(H,26,27)/t9-,10-/m1/s1. The van der Waals surface area contributed by atoms with E-state index in [1.165, 1.54) is 12.4 Å². The Morgan fingerprint density at radius 2 is 2.04 bits per heavy atom. The summed E-state index contributed by atoms with van der Waals surface area (Å²) in [4.78, 5) is 23.0. The summed E-state index contributed by atoms with van der Waals surface area (Å²) in [6.45, 7) is 3.36. The van der Waals surface area contributed by atoms with Gasteiger partial charge in [0.25, 0.3) is 0 Å². The molecule has 0 amide bonds. The third kappa shape index (κ3) is 2.84. The number of rotatable bonds is 4. The minimum Gasteiger partial charge on any atom is -0.481 e. The molecule has 0 aromatic carbocycles. The highest BCUT2D eigenvalue weighted by atomic mass is 35.5. The van der Waals surface area contributed by atoms with Crippen LogP contribution in [0.5, 0.6) is 0 Å². The predicted octanol–water partition coefficient (Wildman–Crippen LogP) is 4.65. The first-order valence-electron chi connectivity index (χ1n) is 8.38. The lowest BCUT2D eigenvalue weighted by Crippen LogP contribution is -2.21. The van der Waals surface area contributed by atoms with Crippen LogP contribution < -0.4 is 0 Å². The number of aromatic amines is 1. The average Bonchev–Trinajstić information content (AvgIpc) is 3.21. The van der Waals surface area contributed by atoms with Crippen molar-refractivity contribution in [2.24, 2.45) is 5.92 Å². The summed E-state index contributed by atoms with van der Waals surface area (Å²) < 4.78 is 16.0. The summed E-state index contributed by atoms with van der Waals surface area (Å²) in [5.41, 5.74) is 2.66. The number of carbonyl (C=O) groups is 1. The summed E-state index contributed by atoms with van der Waals surface area (Å²) in [6, 6.07) is 3.12. The summed E-state index contributed by atoms with van der Waals surface area (Å²) in [6.07, 6.45) is 6.12. The van der Waals surface area contributed by atoms with Crippen molar-refractivity contribution in [2.75, 3.05) is 0 Å². The van der Waals surface area contributed by atoms with Gasteiger partial charge >= 0.3 is 5.97 Å². The number of aromatic nitrogens is 4. The SMILES string of the molecule is C[C@H]([C@@H](C)C(=O)O)n1cc(F)c2cnc(-c3c[nH]c4ncc(Cl)cc34)cc21. The Labute approximate surface area is 158 Å². The van der Waals surface area contributed by atoms with Gasteiger partial charge in [0, 0.05) is 41.8 Å². The van der Waals surface area contributed by atoms with Gasteiger partial charge in [-0.3, -0.25) is 9.78 Å². The fourth-order valence-electron chi connectivity index (χ4n) is 3.22.